The lowest BCUT2D eigenvalue weighted by molar-refractivity contribution is -0.134. The zero-order valence-corrected chi connectivity index (χ0v) is 15.8. The standard InChI is InChI=1S/C20H27N3O3/c1-15(2)12-18(24)23-11-7-10-20(3,14-23)19-21-17(26-22-19)13-25-16-8-5-4-6-9-16/h4-6,8-9,15H,7,10-14H2,1-3H3. The first kappa shape index (κ1) is 18.4. The van der Waals surface area contributed by atoms with Gasteiger partial charge in [-0.1, -0.05) is 44.1 Å². The van der Waals surface area contributed by atoms with Crippen LogP contribution in [0.4, 0.5) is 0 Å². The third-order valence-electron chi connectivity index (χ3n) is 4.75. The number of rotatable bonds is 6. The molecule has 0 saturated carbocycles. The molecule has 1 amide bonds. The summed E-state index contributed by atoms with van der Waals surface area (Å²) in [5.41, 5.74) is -0.278. The summed E-state index contributed by atoms with van der Waals surface area (Å²) in [6.07, 6.45) is 2.47. The second-order valence-electron chi connectivity index (χ2n) is 7.69. The highest BCUT2D eigenvalue weighted by Crippen LogP contribution is 2.32. The molecular weight excluding hydrogens is 330 g/mol. The Morgan fingerprint density at radius 2 is 2.12 bits per heavy atom. The Labute approximate surface area is 154 Å². The summed E-state index contributed by atoms with van der Waals surface area (Å²) in [5.74, 6) is 2.45. The lowest BCUT2D eigenvalue weighted by Crippen LogP contribution is -2.47. The summed E-state index contributed by atoms with van der Waals surface area (Å²) in [7, 11) is 0. The van der Waals surface area contributed by atoms with Gasteiger partial charge in [-0.15, -0.1) is 0 Å². The molecule has 1 aliphatic heterocycles. The van der Waals surface area contributed by atoms with Crippen molar-refractivity contribution in [3.05, 3.63) is 42.0 Å². The molecule has 1 saturated heterocycles. The number of carbonyl (C=O) groups excluding carboxylic acids is 1. The largest absolute Gasteiger partial charge is 0.484 e. The molecule has 1 aromatic carbocycles. The van der Waals surface area contributed by atoms with Crippen LogP contribution < -0.4 is 4.74 Å². The maximum Gasteiger partial charge on any atom is 0.264 e. The van der Waals surface area contributed by atoms with E-state index in [2.05, 4.69) is 30.9 Å². The normalized spacial score (nSPS) is 20.4. The summed E-state index contributed by atoms with van der Waals surface area (Å²) in [6, 6.07) is 9.55. The van der Waals surface area contributed by atoms with Crippen LogP contribution in [-0.2, 0) is 16.8 Å². The maximum absolute atomic E-state index is 12.4. The van der Waals surface area contributed by atoms with Crippen molar-refractivity contribution in [3.8, 4) is 5.75 Å². The molecule has 140 valence electrons. The van der Waals surface area contributed by atoms with Gasteiger partial charge in [0, 0.05) is 24.9 Å². The Morgan fingerprint density at radius 1 is 1.35 bits per heavy atom. The van der Waals surface area contributed by atoms with Crippen LogP contribution in [0.25, 0.3) is 0 Å². The molecule has 1 unspecified atom stereocenters. The molecule has 2 aromatic rings. The number of para-hydroxylation sites is 1. The van der Waals surface area contributed by atoms with Crippen molar-refractivity contribution in [2.45, 2.75) is 52.1 Å². The molecule has 0 aliphatic carbocycles. The number of ether oxygens (including phenoxy) is 1. The molecule has 0 bridgehead atoms. The van der Waals surface area contributed by atoms with Crippen molar-refractivity contribution in [1.29, 1.82) is 0 Å². The SMILES string of the molecule is CC(C)CC(=O)N1CCCC(C)(c2noc(COc3ccccc3)n2)C1. The molecule has 0 N–H and O–H groups in total. The number of benzene rings is 1. The predicted octanol–water partition coefficient (Wildman–Crippen LogP) is 3.57. The number of likely N-dealkylation sites (tertiary alicyclic amines) is 1. The molecule has 1 aromatic heterocycles. The minimum absolute atomic E-state index is 0.210. The first-order valence-corrected chi connectivity index (χ1v) is 9.25. The van der Waals surface area contributed by atoms with E-state index in [-0.39, 0.29) is 17.9 Å². The highest BCUT2D eigenvalue weighted by Gasteiger charge is 2.38. The van der Waals surface area contributed by atoms with Crippen LogP contribution >= 0.6 is 0 Å². The minimum Gasteiger partial charge on any atom is -0.484 e. The molecule has 6 nitrogen and oxygen atoms in total. The minimum atomic E-state index is -0.278. The number of amides is 1. The van der Waals surface area contributed by atoms with Crippen LogP contribution in [-0.4, -0.2) is 34.0 Å². The molecule has 0 radical (unpaired) electrons. The van der Waals surface area contributed by atoms with Gasteiger partial charge in [0.25, 0.3) is 5.89 Å². The topological polar surface area (TPSA) is 68.5 Å². The first-order valence-electron chi connectivity index (χ1n) is 9.25. The van der Waals surface area contributed by atoms with Crippen LogP contribution in [0.15, 0.2) is 34.9 Å². The van der Waals surface area contributed by atoms with Gasteiger partial charge in [0.2, 0.25) is 5.91 Å². The van der Waals surface area contributed by atoms with E-state index in [0.29, 0.717) is 30.6 Å². The fourth-order valence-corrected chi connectivity index (χ4v) is 3.33. The highest BCUT2D eigenvalue weighted by molar-refractivity contribution is 5.76. The summed E-state index contributed by atoms with van der Waals surface area (Å²) >= 11 is 0. The van der Waals surface area contributed by atoms with Gasteiger partial charge in [0.1, 0.15) is 5.75 Å². The summed E-state index contributed by atoms with van der Waals surface area (Å²) < 4.78 is 11.0. The fraction of sp³-hybridized carbons (Fsp3) is 0.550. The van der Waals surface area contributed by atoms with Gasteiger partial charge in [0.15, 0.2) is 12.4 Å². The van der Waals surface area contributed by atoms with Gasteiger partial charge in [0.05, 0.1) is 0 Å². The molecule has 0 spiro atoms. The van der Waals surface area contributed by atoms with Crippen LogP contribution in [0.1, 0.15) is 51.7 Å². The van der Waals surface area contributed by atoms with E-state index in [1.54, 1.807) is 0 Å². The smallest absolute Gasteiger partial charge is 0.264 e. The van der Waals surface area contributed by atoms with E-state index in [9.17, 15) is 4.79 Å². The van der Waals surface area contributed by atoms with Crippen LogP contribution in [0, 0.1) is 5.92 Å². The monoisotopic (exact) mass is 357 g/mol. The zero-order valence-electron chi connectivity index (χ0n) is 15.8. The van der Waals surface area contributed by atoms with Crippen molar-refractivity contribution >= 4 is 5.91 Å². The lowest BCUT2D eigenvalue weighted by atomic mass is 9.81. The summed E-state index contributed by atoms with van der Waals surface area (Å²) in [5, 5.41) is 4.17. The Balaban J connectivity index is 1.64. The van der Waals surface area contributed by atoms with Crippen molar-refractivity contribution < 1.29 is 14.1 Å². The molecule has 1 fully saturated rings. The molecule has 2 heterocycles. The number of piperidine rings is 1. The van der Waals surface area contributed by atoms with Crippen LogP contribution in [0.5, 0.6) is 5.75 Å². The van der Waals surface area contributed by atoms with Gasteiger partial charge >= 0.3 is 0 Å². The van der Waals surface area contributed by atoms with Gasteiger partial charge in [-0.05, 0) is 30.9 Å². The first-order chi connectivity index (χ1) is 12.5. The number of carbonyl (C=O) groups is 1. The molecule has 6 heteroatoms. The van der Waals surface area contributed by atoms with Crippen molar-refractivity contribution in [1.82, 2.24) is 15.0 Å². The number of hydrogen-bond acceptors (Lipinski definition) is 5. The van der Waals surface area contributed by atoms with E-state index in [1.165, 1.54) is 0 Å². The molecule has 1 atom stereocenters. The summed E-state index contributed by atoms with van der Waals surface area (Å²) in [4.78, 5) is 18.9. The predicted molar refractivity (Wildman–Crippen MR) is 97.7 cm³/mol. The number of nitrogens with zero attached hydrogens (tertiary/aromatic N) is 3. The Bertz CT molecular complexity index is 729. The van der Waals surface area contributed by atoms with E-state index >= 15 is 0 Å². The molecule has 1 aliphatic rings. The van der Waals surface area contributed by atoms with Crippen molar-refractivity contribution in [3.63, 3.8) is 0 Å². The summed E-state index contributed by atoms with van der Waals surface area (Å²) in [6.45, 7) is 7.93. The second-order valence-corrected chi connectivity index (χ2v) is 7.69. The quantitative estimate of drug-likeness (QED) is 0.790. The van der Waals surface area contributed by atoms with Gasteiger partial charge in [-0.3, -0.25) is 4.79 Å². The van der Waals surface area contributed by atoms with Crippen molar-refractivity contribution in [2.24, 2.45) is 5.92 Å². The van der Waals surface area contributed by atoms with Crippen LogP contribution in [0.3, 0.4) is 0 Å². The van der Waals surface area contributed by atoms with Crippen molar-refractivity contribution in [2.75, 3.05) is 13.1 Å². The Morgan fingerprint density at radius 3 is 2.85 bits per heavy atom. The van der Waals surface area contributed by atoms with Crippen LogP contribution in [0.2, 0.25) is 0 Å². The van der Waals surface area contributed by atoms with Gasteiger partial charge in [-0.2, -0.15) is 4.98 Å². The third kappa shape index (κ3) is 4.42. The van der Waals surface area contributed by atoms with E-state index < -0.39 is 0 Å². The zero-order chi connectivity index (χ0) is 18.6. The fourth-order valence-electron chi connectivity index (χ4n) is 3.33. The lowest BCUT2D eigenvalue weighted by Gasteiger charge is -2.38. The Hall–Kier alpha value is -2.37. The number of aromatic nitrogens is 2. The number of hydrogen-bond donors (Lipinski definition) is 0. The van der Waals surface area contributed by atoms with E-state index in [4.69, 9.17) is 9.26 Å². The highest BCUT2D eigenvalue weighted by atomic mass is 16.5. The Kier molecular flexibility index (Phi) is 5.59. The molecule has 26 heavy (non-hydrogen) atoms. The van der Waals surface area contributed by atoms with E-state index in [0.717, 1.165) is 25.1 Å². The van der Waals surface area contributed by atoms with Gasteiger partial charge < -0.3 is 14.2 Å². The second kappa shape index (κ2) is 7.89. The third-order valence-corrected chi connectivity index (χ3v) is 4.75. The van der Waals surface area contributed by atoms with Gasteiger partial charge in [-0.25, -0.2) is 0 Å². The average molecular weight is 357 g/mol. The molecule has 3 rings (SSSR count). The molecular formula is C20H27N3O3. The average Bonchev–Trinajstić information content (AvgIpc) is 3.10. The van der Waals surface area contributed by atoms with E-state index in [1.807, 2.05) is 35.2 Å². The maximum atomic E-state index is 12.4.